The third-order valence-corrected chi connectivity index (χ3v) is 5.54. The molecule has 5 nitrogen and oxygen atoms in total. The molecule has 1 aliphatic heterocycles. The highest BCUT2D eigenvalue weighted by Crippen LogP contribution is 2.43. The molecule has 2 rings (SSSR count). The zero-order valence-electron chi connectivity index (χ0n) is 18.1. The van der Waals surface area contributed by atoms with Crippen LogP contribution in [0.15, 0.2) is 29.4 Å². The highest BCUT2D eigenvalue weighted by Gasteiger charge is 2.42. The van der Waals surface area contributed by atoms with Gasteiger partial charge in [-0.15, -0.1) is 0 Å². The van der Waals surface area contributed by atoms with Gasteiger partial charge in [0.1, 0.15) is 17.1 Å². The Morgan fingerprint density at radius 2 is 1.97 bits per heavy atom. The Bertz CT molecular complexity index is 817. The number of carbonyl (C=O) groups is 2. The second-order valence-corrected chi connectivity index (χ2v) is 8.17. The van der Waals surface area contributed by atoms with Crippen LogP contribution >= 0.6 is 0 Å². The number of aliphatic hydroxyl groups is 1. The van der Waals surface area contributed by atoms with Gasteiger partial charge in [0, 0.05) is 17.5 Å². The van der Waals surface area contributed by atoms with Crippen molar-refractivity contribution in [3.8, 4) is 11.5 Å². The lowest BCUT2D eigenvalue weighted by Crippen LogP contribution is -2.49. The van der Waals surface area contributed by atoms with Crippen LogP contribution in [0.4, 0.5) is 0 Å². The molecule has 1 aromatic rings. The largest absolute Gasteiger partial charge is 0.496 e. The highest BCUT2D eigenvalue weighted by atomic mass is 16.5. The number of fused-ring (bicyclic) bond motifs is 1. The van der Waals surface area contributed by atoms with Gasteiger partial charge in [-0.3, -0.25) is 9.59 Å². The molecule has 0 aliphatic carbocycles. The number of aliphatic hydroxyl groups excluding tert-OH is 1. The molecule has 0 unspecified atom stereocenters. The number of ether oxygens (including phenoxy) is 2. The number of aldehydes is 2. The number of benzene rings is 1. The summed E-state index contributed by atoms with van der Waals surface area (Å²) in [7, 11) is 1.49. The normalized spacial score (nSPS) is 21.0. The third-order valence-electron chi connectivity index (χ3n) is 5.54. The van der Waals surface area contributed by atoms with Crippen LogP contribution < -0.4 is 9.47 Å². The van der Waals surface area contributed by atoms with E-state index in [4.69, 9.17) is 9.47 Å². The van der Waals surface area contributed by atoms with E-state index in [-0.39, 0.29) is 11.1 Å². The Morgan fingerprint density at radius 1 is 1.24 bits per heavy atom. The van der Waals surface area contributed by atoms with Gasteiger partial charge in [-0.25, -0.2) is 0 Å². The molecular weight excluding hydrogens is 368 g/mol. The summed E-state index contributed by atoms with van der Waals surface area (Å²) >= 11 is 0. The van der Waals surface area contributed by atoms with Gasteiger partial charge >= 0.3 is 0 Å². The number of methoxy groups -OCH3 is 1. The van der Waals surface area contributed by atoms with Gasteiger partial charge in [0.15, 0.2) is 12.6 Å². The molecule has 158 valence electrons. The average molecular weight is 401 g/mol. The zero-order valence-corrected chi connectivity index (χ0v) is 18.1. The minimum Gasteiger partial charge on any atom is -0.496 e. The molecule has 1 aliphatic rings. The number of allylic oxidation sites excluding steroid dienone is 4. The highest BCUT2D eigenvalue weighted by molar-refractivity contribution is 5.94. The molecule has 0 amide bonds. The van der Waals surface area contributed by atoms with Crippen molar-refractivity contribution in [2.24, 2.45) is 0 Å². The van der Waals surface area contributed by atoms with Crippen LogP contribution in [0.3, 0.4) is 0 Å². The summed E-state index contributed by atoms with van der Waals surface area (Å²) in [6, 6.07) is 1.52. The van der Waals surface area contributed by atoms with Crippen LogP contribution in [0.25, 0.3) is 0 Å². The minimum atomic E-state index is -0.853. The smallest absolute Gasteiger partial charge is 0.154 e. The van der Waals surface area contributed by atoms with E-state index in [1.54, 1.807) is 0 Å². The lowest BCUT2D eigenvalue weighted by atomic mass is 9.84. The van der Waals surface area contributed by atoms with E-state index in [0.717, 1.165) is 19.3 Å². The Morgan fingerprint density at radius 3 is 2.55 bits per heavy atom. The second kappa shape index (κ2) is 9.88. The fraction of sp³-hybridized carbons (Fsp3) is 0.500. The van der Waals surface area contributed by atoms with Crippen LogP contribution in [0.1, 0.15) is 79.7 Å². The van der Waals surface area contributed by atoms with Crippen LogP contribution in [-0.2, 0) is 6.42 Å². The Labute approximate surface area is 173 Å². The van der Waals surface area contributed by atoms with Crippen molar-refractivity contribution in [3.05, 3.63) is 46.1 Å². The number of hydrogen-bond donors (Lipinski definition) is 1. The molecule has 1 N–H and O–H groups in total. The fourth-order valence-corrected chi connectivity index (χ4v) is 3.65. The molecule has 1 aromatic carbocycles. The van der Waals surface area contributed by atoms with Crippen molar-refractivity contribution in [1.29, 1.82) is 0 Å². The summed E-state index contributed by atoms with van der Waals surface area (Å²) in [6.07, 6.45) is 8.59. The Balaban J connectivity index is 2.21. The van der Waals surface area contributed by atoms with Crippen molar-refractivity contribution in [2.45, 2.75) is 71.5 Å². The molecule has 0 radical (unpaired) electrons. The first-order valence-electron chi connectivity index (χ1n) is 10.1. The monoisotopic (exact) mass is 400 g/mol. The SMILES string of the molecule is COc1cc(C=O)c(C=O)c2c1C[C@H](O)[C@](C)(CC/C=C(\C)CCC=C(C)C)O2. The van der Waals surface area contributed by atoms with Gasteiger partial charge in [0.05, 0.1) is 18.8 Å². The molecule has 1 heterocycles. The molecule has 29 heavy (non-hydrogen) atoms. The van der Waals surface area contributed by atoms with Crippen molar-refractivity contribution in [1.82, 2.24) is 0 Å². The average Bonchev–Trinajstić information content (AvgIpc) is 2.67. The molecule has 0 bridgehead atoms. The van der Waals surface area contributed by atoms with Crippen LogP contribution in [0.5, 0.6) is 11.5 Å². The molecular formula is C24H32O5. The maximum atomic E-state index is 11.6. The lowest BCUT2D eigenvalue weighted by Gasteiger charge is -2.41. The van der Waals surface area contributed by atoms with E-state index in [0.29, 0.717) is 42.5 Å². The Kier molecular flexibility index (Phi) is 7.80. The van der Waals surface area contributed by atoms with E-state index < -0.39 is 11.7 Å². The standard InChI is InChI=1S/C24H32O5/c1-16(2)8-6-9-17(3)10-7-11-24(4)22(27)13-19-21(28-5)12-18(14-25)20(15-26)23(19)29-24/h8,10,12,14-15,22,27H,6-7,9,11,13H2,1-5H3/b17-10+/t22-,24-/m0/s1. The van der Waals surface area contributed by atoms with Crippen molar-refractivity contribution in [3.63, 3.8) is 0 Å². The summed E-state index contributed by atoms with van der Waals surface area (Å²) in [5.41, 5.74) is 2.83. The fourth-order valence-electron chi connectivity index (χ4n) is 3.65. The summed E-state index contributed by atoms with van der Waals surface area (Å²) in [5.74, 6) is 0.794. The van der Waals surface area contributed by atoms with Gasteiger partial charge in [-0.1, -0.05) is 23.3 Å². The van der Waals surface area contributed by atoms with E-state index in [1.807, 2.05) is 6.92 Å². The van der Waals surface area contributed by atoms with Crippen molar-refractivity contribution >= 4 is 12.6 Å². The summed E-state index contributed by atoms with van der Waals surface area (Å²) in [6.45, 7) is 8.15. The molecule has 0 aromatic heterocycles. The molecule has 0 saturated carbocycles. The predicted octanol–water partition coefficient (Wildman–Crippen LogP) is 4.85. The van der Waals surface area contributed by atoms with E-state index in [1.165, 1.54) is 24.3 Å². The van der Waals surface area contributed by atoms with Crippen molar-refractivity contribution in [2.75, 3.05) is 7.11 Å². The van der Waals surface area contributed by atoms with Crippen molar-refractivity contribution < 1.29 is 24.2 Å². The van der Waals surface area contributed by atoms with Crippen LogP contribution in [0.2, 0.25) is 0 Å². The predicted molar refractivity (Wildman–Crippen MR) is 114 cm³/mol. The van der Waals surface area contributed by atoms with Gasteiger partial charge in [-0.2, -0.15) is 0 Å². The summed E-state index contributed by atoms with van der Waals surface area (Å²) in [5, 5.41) is 10.8. The van der Waals surface area contributed by atoms with Gasteiger partial charge in [0.25, 0.3) is 0 Å². The van der Waals surface area contributed by atoms with E-state index in [9.17, 15) is 14.7 Å². The van der Waals surface area contributed by atoms with E-state index >= 15 is 0 Å². The van der Waals surface area contributed by atoms with Gasteiger partial charge in [-0.05, 0) is 59.4 Å². The minimum absolute atomic E-state index is 0.211. The topological polar surface area (TPSA) is 72.8 Å². The number of rotatable bonds is 9. The molecule has 0 spiro atoms. The molecule has 0 fully saturated rings. The lowest BCUT2D eigenvalue weighted by molar-refractivity contribution is -0.0595. The molecule has 0 saturated heterocycles. The third kappa shape index (κ3) is 5.36. The first-order valence-corrected chi connectivity index (χ1v) is 10.1. The van der Waals surface area contributed by atoms with Crippen LogP contribution in [-0.4, -0.2) is 36.5 Å². The quantitative estimate of drug-likeness (QED) is 0.474. The maximum absolute atomic E-state index is 11.6. The van der Waals surface area contributed by atoms with E-state index in [2.05, 4.69) is 32.9 Å². The summed E-state index contributed by atoms with van der Waals surface area (Å²) < 4.78 is 11.5. The summed E-state index contributed by atoms with van der Waals surface area (Å²) in [4.78, 5) is 23.1. The Hall–Kier alpha value is -2.40. The number of carbonyl (C=O) groups excluding carboxylic acids is 2. The van der Waals surface area contributed by atoms with Gasteiger partial charge in [0.2, 0.25) is 0 Å². The maximum Gasteiger partial charge on any atom is 0.154 e. The first-order chi connectivity index (χ1) is 13.8. The number of hydrogen-bond acceptors (Lipinski definition) is 5. The second-order valence-electron chi connectivity index (χ2n) is 8.17. The molecule has 2 atom stereocenters. The van der Waals surface area contributed by atoms with Gasteiger partial charge < -0.3 is 14.6 Å². The first kappa shape index (κ1) is 22.9. The zero-order chi connectivity index (χ0) is 21.6. The van der Waals surface area contributed by atoms with Crippen LogP contribution in [0, 0.1) is 0 Å². The molecule has 5 heteroatoms.